The zero-order valence-corrected chi connectivity index (χ0v) is 28.6. The largest absolute Gasteiger partial charge is 0.435 e. The molecule has 0 fully saturated rings. The van der Waals surface area contributed by atoms with Crippen molar-refractivity contribution in [3.8, 4) is 22.5 Å². The van der Waals surface area contributed by atoms with Crippen LogP contribution < -0.4 is 0 Å². The number of rotatable bonds is 12. The SMILES string of the molecule is CCCCc1nc(C(F)(F)F)c(CO)n1Cc1ccc(-c2ccccc2-c2nnnn2C(c2ccccc2)(c2ccccc2)c2ccccc2)cc1. The molecule has 2 aromatic heterocycles. The second kappa shape index (κ2) is 14.8. The Labute approximate surface area is 300 Å². The van der Waals surface area contributed by atoms with Gasteiger partial charge < -0.3 is 9.67 Å². The van der Waals surface area contributed by atoms with E-state index in [0.717, 1.165) is 45.4 Å². The van der Waals surface area contributed by atoms with E-state index in [1.807, 2.05) is 115 Å². The summed E-state index contributed by atoms with van der Waals surface area (Å²) in [5, 5.41) is 23.6. The number of halogens is 3. The summed E-state index contributed by atoms with van der Waals surface area (Å²) < 4.78 is 45.0. The summed E-state index contributed by atoms with van der Waals surface area (Å²) >= 11 is 0. The van der Waals surface area contributed by atoms with Gasteiger partial charge in [0.15, 0.2) is 11.5 Å². The van der Waals surface area contributed by atoms with Gasteiger partial charge >= 0.3 is 6.18 Å². The van der Waals surface area contributed by atoms with Crippen LogP contribution in [0.1, 0.15) is 59.2 Å². The number of tetrazole rings is 1. The topological polar surface area (TPSA) is 81.7 Å². The molecule has 7 nitrogen and oxygen atoms in total. The van der Waals surface area contributed by atoms with Gasteiger partial charge in [-0.3, -0.25) is 0 Å². The minimum Gasteiger partial charge on any atom is -0.390 e. The molecule has 52 heavy (non-hydrogen) atoms. The van der Waals surface area contributed by atoms with E-state index in [2.05, 4.69) is 51.7 Å². The van der Waals surface area contributed by atoms with E-state index >= 15 is 0 Å². The van der Waals surface area contributed by atoms with Gasteiger partial charge in [-0.05, 0) is 50.2 Å². The highest BCUT2D eigenvalue weighted by Gasteiger charge is 2.42. The van der Waals surface area contributed by atoms with Gasteiger partial charge in [-0.25, -0.2) is 9.67 Å². The number of hydrogen-bond donors (Lipinski definition) is 1. The third-order valence-electron chi connectivity index (χ3n) is 9.46. The highest BCUT2D eigenvalue weighted by atomic mass is 19.4. The molecule has 0 radical (unpaired) electrons. The Hall–Kier alpha value is -5.87. The molecule has 0 amide bonds. The standard InChI is InChI=1S/C42H37F3N6O/c1-2-3-23-38-46-39(42(43,44)45)37(29-52)50(38)28-30-24-26-31(27-25-30)35-21-13-14-22-36(35)40-47-48-49-51(40)41(32-15-7-4-8-16-32,33-17-9-5-10-18-33)34-19-11-6-12-20-34/h4-22,24-27,52H,2-3,23,28-29H2,1H3. The fourth-order valence-electron chi connectivity index (χ4n) is 7.03. The summed E-state index contributed by atoms with van der Waals surface area (Å²) in [7, 11) is 0. The number of imidazole rings is 1. The predicted molar refractivity (Wildman–Crippen MR) is 194 cm³/mol. The molecule has 7 aromatic rings. The lowest BCUT2D eigenvalue weighted by molar-refractivity contribution is -0.142. The van der Waals surface area contributed by atoms with E-state index < -0.39 is 24.0 Å². The molecule has 0 aliphatic rings. The van der Waals surface area contributed by atoms with E-state index in [9.17, 15) is 18.3 Å². The molecule has 0 saturated carbocycles. The zero-order valence-electron chi connectivity index (χ0n) is 28.6. The third-order valence-corrected chi connectivity index (χ3v) is 9.46. The van der Waals surface area contributed by atoms with Crippen LogP contribution in [0, 0.1) is 0 Å². The van der Waals surface area contributed by atoms with Crippen molar-refractivity contribution in [2.45, 2.75) is 51.1 Å². The van der Waals surface area contributed by atoms with Crippen LogP contribution in [-0.2, 0) is 31.3 Å². The molecular weight excluding hydrogens is 661 g/mol. The number of aliphatic hydroxyl groups is 1. The molecule has 5 aromatic carbocycles. The normalized spacial score (nSPS) is 11.9. The number of hydrogen-bond acceptors (Lipinski definition) is 5. The fraction of sp³-hybridized carbons (Fsp3) is 0.190. The zero-order chi connectivity index (χ0) is 36.1. The van der Waals surface area contributed by atoms with E-state index in [0.29, 0.717) is 24.5 Å². The molecule has 0 aliphatic heterocycles. The number of aliphatic hydroxyl groups excluding tert-OH is 1. The van der Waals surface area contributed by atoms with Crippen molar-refractivity contribution in [3.63, 3.8) is 0 Å². The molecule has 10 heteroatoms. The Morgan fingerprint density at radius 1 is 0.673 bits per heavy atom. The quantitative estimate of drug-likeness (QED) is 0.129. The summed E-state index contributed by atoms with van der Waals surface area (Å²) in [5.74, 6) is 0.876. The lowest BCUT2D eigenvalue weighted by Gasteiger charge is -2.36. The van der Waals surface area contributed by atoms with Crippen molar-refractivity contribution in [1.29, 1.82) is 0 Å². The van der Waals surface area contributed by atoms with Gasteiger partial charge in [0.2, 0.25) is 0 Å². The van der Waals surface area contributed by atoms with Gasteiger partial charge in [-0.2, -0.15) is 13.2 Å². The van der Waals surface area contributed by atoms with Gasteiger partial charge in [0, 0.05) is 18.5 Å². The molecule has 2 heterocycles. The molecular formula is C42H37F3N6O. The minimum absolute atomic E-state index is 0.145. The van der Waals surface area contributed by atoms with Crippen LogP contribution in [0.15, 0.2) is 140 Å². The smallest absolute Gasteiger partial charge is 0.390 e. The van der Waals surface area contributed by atoms with Crippen molar-refractivity contribution in [1.82, 2.24) is 29.8 Å². The molecule has 0 atom stereocenters. The van der Waals surface area contributed by atoms with Gasteiger partial charge in [-0.15, -0.1) is 5.10 Å². The summed E-state index contributed by atoms with van der Waals surface area (Å²) in [5.41, 5.74) is 4.12. The number of alkyl halides is 3. The lowest BCUT2D eigenvalue weighted by Crippen LogP contribution is -2.39. The van der Waals surface area contributed by atoms with Gasteiger partial charge in [0.25, 0.3) is 0 Å². The van der Waals surface area contributed by atoms with Crippen molar-refractivity contribution in [2.24, 2.45) is 0 Å². The van der Waals surface area contributed by atoms with Crippen LogP contribution in [0.2, 0.25) is 0 Å². The molecule has 0 bridgehead atoms. The fourth-order valence-corrected chi connectivity index (χ4v) is 7.03. The molecule has 262 valence electrons. The Morgan fingerprint density at radius 2 is 1.21 bits per heavy atom. The summed E-state index contributed by atoms with van der Waals surface area (Å²) in [6.07, 6.45) is -2.78. The van der Waals surface area contributed by atoms with Gasteiger partial charge in [0.05, 0.1) is 12.3 Å². The second-order valence-electron chi connectivity index (χ2n) is 12.6. The van der Waals surface area contributed by atoms with Crippen LogP contribution >= 0.6 is 0 Å². The Kier molecular flexibility index (Phi) is 9.82. The average molecular weight is 699 g/mol. The van der Waals surface area contributed by atoms with Crippen molar-refractivity contribution in [3.05, 3.63) is 179 Å². The Balaban J connectivity index is 1.33. The molecule has 7 rings (SSSR count). The van der Waals surface area contributed by atoms with E-state index in [-0.39, 0.29) is 12.2 Å². The first-order chi connectivity index (χ1) is 25.4. The van der Waals surface area contributed by atoms with Crippen molar-refractivity contribution < 1.29 is 18.3 Å². The summed E-state index contributed by atoms with van der Waals surface area (Å²) in [4.78, 5) is 3.94. The molecule has 0 aliphatic carbocycles. The van der Waals surface area contributed by atoms with Crippen molar-refractivity contribution >= 4 is 0 Å². The molecule has 0 spiro atoms. The summed E-state index contributed by atoms with van der Waals surface area (Å²) in [6, 6.07) is 46.2. The molecule has 0 saturated heterocycles. The molecule has 0 unspecified atom stereocenters. The molecule has 1 N–H and O–H groups in total. The maximum absolute atomic E-state index is 13.9. The number of benzene rings is 5. The van der Waals surface area contributed by atoms with Gasteiger partial charge in [-0.1, -0.05) is 153 Å². The van der Waals surface area contributed by atoms with E-state index in [1.165, 1.54) is 4.57 Å². The average Bonchev–Trinajstić information content (AvgIpc) is 3.81. The minimum atomic E-state index is -4.66. The number of unbranched alkanes of at least 4 members (excludes halogenated alkanes) is 1. The van der Waals surface area contributed by atoms with Crippen LogP contribution in [0.3, 0.4) is 0 Å². The van der Waals surface area contributed by atoms with Gasteiger partial charge in [0.1, 0.15) is 11.4 Å². The lowest BCUT2D eigenvalue weighted by atomic mass is 9.77. The number of nitrogens with zero attached hydrogens (tertiary/aromatic N) is 6. The first-order valence-corrected chi connectivity index (χ1v) is 17.3. The van der Waals surface area contributed by atoms with E-state index in [4.69, 9.17) is 5.21 Å². The Morgan fingerprint density at radius 3 is 1.73 bits per heavy atom. The predicted octanol–water partition coefficient (Wildman–Crippen LogP) is 8.95. The monoisotopic (exact) mass is 698 g/mol. The number of aryl methyl sites for hydroxylation is 1. The van der Waals surface area contributed by atoms with Crippen molar-refractivity contribution in [2.75, 3.05) is 0 Å². The number of aromatic nitrogens is 6. The maximum Gasteiger partial charge on any atom is 0.435 e. The first-order valence-electron chi connectivity index (χ1n) is 17.3. The van der Waals surface area contributed by atoms with Crippen LogP contribution in [0.4, 0.5) is 13.2 Å². The van der Waals surface area contributed by atoms with Crippen LogP contribution in [0.25, 0.3) is 22.5 Å². The second-order valence-corrected chi connectivity index (χ2v) is 12.6. The highest BCUT2D eigenvalue weighted by Crippen LogP contribution is 2.43. The third kappa shape index (κ3) is 6.41. The summed E-state index contributed by atoms with van der Waals surface area (Å²) in [6.45, 7) is 1.36. The van der Waals surface area contributed by atoms with E-state index in [1.54, 1.807) is 0 Å². The highest BCUT2D eigenvalue weighted by molar-refractivity contribution is 5.81. The first kappa shape index (κ1) is 34.6. The maximum atomic E-state index is 13.9. The Bertz CT molecular complexity index is 2140. The van der Waals surface area contributed by atoms with Crippen LogP contribution in [0.5, 0.6) is 0 Å². The van der Waals surface area contributed by atoms with Crippen LogP contribution in [-0.4, -0.2) is 34.9 Å².